The number of amides is 2. The molecule has 2 aromatic carbocycles. The van der Waals surface area contributed by atoms with E-state index >= 15 is 0 Å². The normalized spacial score (nSPS) is 11.9. The zero-order valence-electron chi connectivity index (χ0n) is 17.1. The van der Waals surface area contributed by atoms with Crippen LogP contribution in [0.1, 0.15) is 23.6 Å². The van der Waals surface area contributed by atoms with E-state index in [2.05, 4.69) is 15.6 Å². The van der Waals surface area contributed by atoms with Crippen LogP contribution in [0.25, 0.3) is 10.9 Å². The summed E-state index contributed by atoms with van der Waals surface area (Å²) in [5.41, 5.74) is 4.82. The topological polar surface area (TPSA) is 71.1 Å². The Morgan fingerprint density at radius 3 is 2.41 bits per heavy atom. The molecule has 3 rings (SSSR count). The van der Waals surface area contributed by atoms with Crippen molar-refractivity contribution in [2.75, 3.05) is 11.9 Å². The van der Waals surface area contributed by atoms with E-state index < -0.39 is 0 Å². The van der Waals surface area contributed by atoms with Crippen LogP contribution < -0.4 is 10.6 Å². The predicted molar refractivity (Wildman–Crippen MR) is 119 cm³/mol. The molecule has 2 N–H and O–H groups in total. The summed E-state index contributed by atoms with van der Waals surface area (Å²) in [5.74, 6) is -0.438. The van der Waals surface area contributed by atoms with Crippen LogP contribution >= 0.6 is 11.8 Å². The number of benzene rings is 2. The van der Waals surface area contributed by atoms with E-state index in [-0.39, 0.29) is 23.6 Å². The highest BCUT2D eigenvalue weighted by molar-refractivity contribution is 8.00. The molecule has 0 saturated heterocycles. The molecule has 2 amide bonds. The summed E-state index contributed by atoms with van der Waals surface area (Å²) in [7, 11) is 0. The van der Waals surface area contributed by atoms with Crippen molar-refractivity contribution in [2.24, 2.45) is 0 Å². The molecule has 1 aromatic heterocycles. The summed E-state index contributed by atoms with van der Waals surface area (Å²) in [6.45, 7) is 7.67. The number of hydrogen-bond donors (Lipinski definition) is 2. The average Bonchev–Trinajstić information content (AvgIpc) is 2.69. The van der Waals surface area contributed by atoms with Crippen LogP contribution in [0.15, 0.2) is 53.6 Å². The highest BCUT2D eigenvalue weighted by atomic mass is 32.2. The van der Waals surface area contributed by atoms with Gasteiger partial charge < -0.3 is 10.6 Å². The van der Waals surface area contributed by atoms with Gasteiger partial charge in [-0.2, -0.15) is 0 Å². The van der Waals surface area contributed by atoms with Gasteiger partial charge in [-0.05, 0) is 56.5 Å². The number of rotatable bonds is 6. The lowest BCUT2D eigenvalue weighted by Gasteiger charge is -2.14. The van der Waals surface area contributed by atoms with Crippen molar-refractivity contribution in [1.29, 1.82) is 0 Å². The van der Waals surface area contributed by atoms with Gasteiger partial charge in [-0.3, -0.25) is 9.59 Å². The number of anilines is 1. The maximum atomic E-state index is 12.4. The third-order valence-electron chi connectivity index (χ3n) is 4.73. The van der Waals surface area contributed by atoms with Crippen LogP contribution in [0.2, 0.25) is 0 Å². The first-order valence-corrected chi connectivity index (χ1v) is 10.4. The number of pyridine rings is 1. The van der Waals surface area contributed by atoms with Crippen LogP contribution in [-0.2, 0) is 9.59 Å². The van der Waals surface area contributed by atoms with Crippen molar-refractivity contribution in [3.63, 3.8) is 0 Å². The second-order valence-electron chi connectivity index (χ2n) is 7.09. The lowest BCUT2D eigenvalue weighted by Crippen LogP contribution is -2.37. The Bertz CT molecular complexity index is 1040. The SMILES string of the molecule is Cc1cccc(C)c1NC(=O)CNC(=O)C(C)Sc1cc(C)c2ccccc2n1. The Hall–Kier alpha value is -2.86. The molecular weight excluding hydrogens is 382 g/mol. The number of aryl methyl sites for hydroxylation is 3. The van der Waals surface area contributed by atoms with E-state index in [1.54, 1.807) is 0 Å². The smallest absolute Gasteiger partial charge is 0.243 e. The first-order chi connectivity index (χ1) is 13.8. The van der Waals surface area contributed by atoms with Crippen molar-refractivity contribution >= 4 is 40.2 Å². The number of fused-ring (bicyclic) bond motifs is 1. The fourth-order valence-corrected chi connectivity index (χ4v) is 4.07. The first kappa shape index (κ1) is 20.9. The average molecular weight is 408 g/mol. The van der Waals surface area contributed by atoms with Gasteiger partial charge in [0.25, 0.3) is 0 Å². The Morgan fingerprint density at radius 1 is 1.00 bits per heavy atom. The summed E-state index contributed by atoms with van der Waals surface area (Å²) in [4.78, 5) is 29.3. The Morgan fingerprint density at radius 2 is 1.69 bits per heavy atom. The minimum absolute atomic E-state index is 0.0678. The molecule has 1 heterocycles. The van der Waals surface area contributed by atoms with Gasteiger partial charge in [0.15, 0.2) is 0 Å². The minimum atomic E-state index is -0.365. The van der Waals surface area contributed by atoms with Gasteiger partial charge in [-0.1, -0.05) is 48.2 Å². The number of hydrogen-bond acceptors (Lipinski definition) is 4. The van der Waals surface area contributed by atoms with Gasteiger partial charge in [0.2, 0.25) is 11.8 Å². The maximum absolute atomic E-state index is 12.4. The molecule has 0 aliphatic carbocycles. The van der Waals surface area contributed by atoms with E-state index in [4.69, 9.17) is 0 Å². The van der Waals surface area contributed by atoms with E-state index in [1.807, 2.05) is 76.2 Å². The molecule has 0 saturated carbocycles. The fraction of sp³-hybridized carbons (Fsp3) is 0.261. The van der Waals surface area contributed by atoms with Crippen molar-refractivity contribution in [2.45, 2.75) is 38.0 Å². The van der Waals surface area contributed by atoms with E-state index in [1.165, 1.54) is 11.8 Å². The quantitative estimate of drug-likeness (QED) is 0.594. The molecule has 0 spiro atoms. The summed E-state index contributed by atoms with van der Waals surface area (Å²) in [5, 5.41) is 7.13. The highest BCUT2D eigenvalue weighted by Gasteiger charge is 2.17. The zero-order valence-corrected chi connectivity index (χ0v) is 17.9. The molecule has 1 atom stereocenters. The molecule has 1 unspecified atom stereocenters. The predicted octanol–water partition coefficient (Wildman–Crippen LogP) is 4.40. The molecule has 150 valence electrons. The number of para-hydroxylation sites is 2. The van der Waals surface area contributed by atoms with E-state index in [0.717, 1.165) is 38.3 Å². The maximum Gasteiger partial charge on any atom is 0.243 e. The lowest BCUT2D eigenvalue weighted by atomic mass is 10.1. The minimum Gasteiger partial charge on any atom is -0.346 e. The molecule has 0 bridgehead atoms. The van der Waals surface area contributed by atoms with Gasteiger partial charge in [0.05, 0.1) is 22.3 Å². The summed E-state index contributed by atoms with van der Waals surface area (Å²) in [6.07, 6.45) is 0. The third kappa shape index (κ3) is 5.15. The van der Waals surface area contributed by atoms with Gasteiger partial charge in [0, 0.05) is 11.1 Å². The summed E-state index contributed by atoms with van der Waals surface area (Å²) >= 11 is 1.39. The standard InChI is InChI=1S/C23H25N3O2S/c1-14-8-7-9-15(2)22(14)26-20(27)13-24-23(28)17(4)29-21-12-16(3)18-10-5-6-11-19(18)25-21/h5-12,17H,13H2,1-4H3,(H,24,28)(H,26,27). The Balaban J connectivity index is 1.57. The second-order valence-corrected chi connectivity index (χ2v) is 8.45. The van der Waals surface area contributed by atoms with Gasteiger partial charge in [-0.15, -0.1) is 0 Å². The van der Waals surface area contributed by atoms with Gasteiger partial charge in [-0.25, -0.2) is 4.98 Å². The molecule has 29 heavy (non-hydrogen) atoms. The number of carbonyl (C=O) groups excluding carboxylic acids is 2. The van der Waals surface area contributed by atoms with Crippen molar-refractivity contribution in [3.05, 3.63) is 65.2 Å². The third-order valence-corrected chi connectivity index (χ3v) is 5.75. The van der Waals surface area contributed by atoms with Crippen LogP contribution in [-0.4, -0.2) is 28.6 Å². The van der Waals surface area contributed by atoms with Crippen molar-refractivity contribution < 1.29 is 9.59 Å². The second kappa shape index (κ2) is 9.09. The van der Waals surface area contributed by atoms with Crippen molar-refractivity contribution in [3.8, 4) is 0 Å². The number of nitrogens with zero attached hydrogens (tertiary/aromatic N) is 1. The van der Waals surface area contributed by atoms with Crippen LogP contribution in [0.4, 0.5) is 5.69 Å². The monoisotopic (exact) mass is 407 g/mol. The molecule has 0 aliphatic heterocycles. The van der Waals surface area contributed by atoms with E-state index in [0.29, 0.717) is 0 Å². The molecule has 6 heteroatoms. The molecular formula is C23H25N3O2S. The van der Waals surface area contributed by atoms with Crippen LogP contribution in [0.5, 0.6) is 0 Å². The molecule has 3 aromatic rings. The van der Waals surface area contributed by atoms with Gasteiger partial charge in [0.1, 0.15) is 0 Å². The van der Waals surface area contributed by atoms with Crippen LogP contribution in [0, 0.1) is 20.8 Å². The molecule has 0 fully saturated rings. The fourth-order valence-electron chi connectivity index (χ4n) is 3.12. The summed E-state index contributed by atoms with van der Waals surface area (Å²) in [6, 6.07) is 15.8. The Kier molecular flexibility index (Phi) is 6.54. The number of nitrogens with one attached hydrogen (secondary N) is 2. The first-order valence-electron chi connectivity index (χ1n) is 9.52. The lowest BCUT2D eigenvalue weighted by molar-refractivity contribution is -0.123. The number of carbonyl (C=O) groups is 2. The molecule has 5 nitrogen and oxygen atoms in total. The highest BCUT2D eigenvalue weighted by Crippen LogP contribution is 2.26. The Labute approximate surface area is 175 Å². The number of aromatic nitrogens is 1. The summed E-state index contributed by atoms with van der Waals surface area (Å²) < 4.78 is 0. The van der Waals surface area contributed by atoms with Crippen molar-refractivity contribution in [1.82, 2.24) is 10.3 Å². The zero-order chi connectivity index (χ0) is 21.0. The molecule has 0 aliphatic rings. The molecule has 0 radical (unpaired) electrons. The van der Waals surface area contributed by atoms with Gasteiger partial charge >= 0.3 is 0 Å². The number of thioether (sulfide) groups is 1. The van der Waals surface area contributed by atoms with E-state index in [9.17, 15) is 9.59 Å². The van der Waals surface area contributed by atoms with Crippen LogP contribution in [0.3, 0.4) is 0 Å². The largest absolute Gasteiger partial charge is 0.346 e.